The first-order valence-electron chi connectivity index (χ1n) is 5.40. The van der Waals surface area contributed by atoms with Crippen LogP contribution in [0, 0.1) is 0 Å². The first kappa shape index (κ1) is 11.2. The normalized spacial score (nSPS) is 11.1. The lowest BCUT2D eigenvalue weighted by atomic mass is 10.1. The summed E-state index contributed by atoms with van der Waals surface area (Å²) in [6.45, 7) is 2.04. The number of rotatable bonds is 3. The lowest BCUT2D eigenvalue weighted by Gasteiger charge is -1.88. The number of fused-ring (bicyclic) bond motifs is 1. The van der Waals surface area contributed by atoms with E-state index in [4.69, 9.17) is 15.9 Å². The number of nitrogens with zero attached hydrogens (tertiary/aromatic N) is 1. The van der Waals surface area contributed by atoms with Crippen molar-refractivity contribution in [2.24, 2.45) is 16.6 Å². The van der Waals surface area contributed by atoms with Gasteiger partial charge in [0.25, 0.3) is 5.96 Å². The van der Waals surface area contributed by atoms with Crippen molar-refractivity contribution < 1.29 is 9.52 Å². The first-order valence-corrected chi connectivity index (χ1v) is 5.40. The molecule has 5 N–H and O–H groups in total. The van der Waals surface area contributed by atoms with Crippen molar-refractivity contribution >= 4 is 23.1 Å². The Morgan fingerprint density at radius 1 is 1.41 bits per heavy atom. The summed E-state index contributed by atoms with van der Waals surface area (Å²) < 4.78 is 5.72. The van der Waals surface area contributed by atoms with Gasteiger partial charge in [-0.2, -0.15) is 0 Å². The molecular weight excluding hydrogens is 216 g/mol. The van der Waals surface area contributed by atoms with Gasteiger partial charge in [-0.05, 0) is 6.07 Å². The van der Waals surface area contributed by atoms with Crippen LogP contribution in [-0.4, -0.2) is 12.2 Å². The summed E-state index contributed by atoms with van der Waals surface area (Å²) >= 11 is 0. The van der Waals surface area contributed by atoms with Crippen LogP contribution < -0.4 is 16.6 Å². The maximum absolute atomic E-state index is 5.72. The number of hydrazone groups is 1. The van der Waals surface area contributed by atoms with Crippen LogP contribution in [0.25, 0.3) is 11.0 Å². The average molecular weight is 231 g/mol. The van der Waals surface area contributed by atoms with E-state index < -0.39 is 0 Å². The maximum atomic E-state index is 5.72. The molecule has 0 saturated carbocycles. The monoisotopic (exact) mass is 231 g/mol. The number of guanidine groups is 1. The molecule has 0 amide bonds. The van der Waals surface area contributed by atoms with Crippen molar-refractivity contribution in [3.63, 3.8) is 0 Å². The van der Waals surface area contributed by atoms with Gasteiger partial charge in [0, 0.05) is 16.9 Å². The second-order valence-corrected chi connectivity index (χ2v) is 3.60. The van der Waals surface area contributed by atoms with E-state index in [1.165, 1.54) is 0 Å². The molecule has 88 valence electrons. The highest BCUT2D eigenvalue weighted by Gasteiger charge is 2.12. The molecule has 0 aliphatic rings. The quantitative estimate of drug-likeness (QED) is 0.384. The SMILES string of the molecule is CCc1oc2ccccc2c1/C=[NH+]/N=C(N)N. The van der Waals surface area contributed by atoms with Gasteiger partial charge in [0.2, 0.25) is 6.21 Å². The van der Waals surface area contributed by atoms with E-state index in [9.17, 15) is 0 Å². The standard InChI is InChI=1S/C12H14N4O/c1-2-10-9(7-15-16-12(13)14)8-5-3-4-6-11(8)17-10/h3-7H,2H2,1H3,(H4,13,14,16)/p+1/b15-7+. The minimum absolute atomic E-state index is 0.00732. The highest BCUT2D eigenvalue weighted by atomic mass is 16.3. The predicted molar refractivity (Wildman–Crippen MR) is 67.5 cm³/mol. The molecule has 0 spiro atoms. The minimum atomic E-state index is -0.00732. The molecular formula is C12H15N4O+. The number of furan rings is 1. The molecule has 0 fully saturated rings. The summed E-state index contributed by atoms with van der Waals surface area (Å²) in [6, 6.07) is 7.85. The molecule has 0 unspecified atom stereocenters. The number of aryl methyl sites for hydroxylation is 1. The van der Waals surface area contributed by atoms with E-state index >= 15 is 0 Å². The third-order valence-electron chi connectivity index (χ3n) is 2.43. The third kappa shape index (κ3) is 2.28. The Bertz CT molecular complexity index is 579. The molecule has 2 aromatic rings. The highest BCUT2D eigenvalue weighted by Crippen LogP contribution is 2.23. The Morgan fingerprint density at radius 3 is 2.88 bits per heavy atom. The zero-order valence-electron chi connectivity index (χ0n) is 9.60. The molecule has 0 atom stereocenters. The third-order valence-corrected chi connectivity index (χ3v) is 2.43. The van der Waals surface area contributed by atoms with Crippen molar-refractivity contribution in [3.8, 4) is 0 Å². The summed E-state index contributed by atoms with van der Waals surface area (Å²) in [5.41, 5.74) is 12.3. The number of para-hydroxylation sites is 1. The van der Waals surface area contributed by atoms with E-state index in [0.29, 0.717) is 0 Å². The topological polar surface area (TPSA) is 91.5 Å². The number of nitrogens with two attached hydrogens (primary N) is 2. The van der Waals surface area contributed by atoms with Crippen molar-refractivity contribution in [1.29, 1.82) is 0 Å². The molecule has 2 rings (SSSR count). The van der Waals surface area contributed by atoms with Crippen LogP contribution in [-0.2, 0) is 6.42 Å². The molecule has 0 saturated heterocycles. The predicted octanol–water partition coefficient (Wildman–Crippen LogP) is -0.317. The number of hydrogen-bond acceptors (Lipinski definition) is 2. The van der Waals surface area contributed by atoms with Gasteiger partial charge in [-0.1, -0.05) is 25.1 Å². The molecule has 0 bridgehead atoms. The Balaban J connectivity index is 2.50. The fourth-order valence-corrected chi connectivity index (χ4v) is 1.71. The van der Waals surface area contributed by atoms with E-state index in [1.807, 2.05) is 31.2 Å². The van der Waals surface area contributed by atoms with Gasteiger partial charge in [-0.15, -0.1) is 5.10 Å². The van der Waals surface area contributed by atoms with Crippen LogP contribution in [0.2, 0.25) is 0 Å². The van der Waals surface area contributed by atoms with Gasteiger partial charge in [0.05, 0.1) is 5.56 Å². The summed E-state index contributed by atoms with van der Waals surface area (Å²) in [5.74, 6) is 0.900. The highest BCUT2D eigenvalue weighted by molar-refractivity contribution is 5.97. The van der Waals surface area contributed by atoms with E-state index in [2.05, 4.69) is 10.2 Å². The molecule has 17 heavy (non-hydrogen) atoms. The van der Waals surface area contributed by atoms with Gasteiger partial charge in [0.15, 0.2) is 0 Å². The van der Waals surface area contributed by atoms with Crippen LogP contribution in [0.5, 0.6) is 0 Å². The van der Waals surface area contributed by atoms with Gasteiger partial charge in [-0.25, -0.2) is 0 Å². The zero-order chi connectivity index (χ0) is 12.3. The Morgan fingerprint density at radius 2 is 2.18 bits per heavy atom. The number of hydrogen-bond donors (Lipinski definition) is 3. The molecule has 5 nitrogen and oxygen atoms in total. The lowest BCUT2D eigenvalue weighted by Crippen LogP contribution is -2.63. The van der Waals surface area contributed by atoms with Crippen LogP contribution >= 0.6 is 0 Å². The molecule has 1 aromatic carbocycles. The largest absolute Gasteiger partial charge is 0.460 e. The van der Waals surface area contributed by atoms with Gasteiger partial charge in [-0.3, -0.25) is 0 Å². The zero-order valence-corrected chi connectivity index (χ0v) is 9.60. The molecule has 5 heteroatoms. The molecule has 1 heterocycles. The minimum Gasteiger partial charge on any atom is -0.460 e. The molecule has 0 radical (unpaired) electrons. The second kappa shape index (κ2) is 4.69. The summed E-state index contributed by atoms with van der Waals surface area (Å²) in [6.07, 6.45) is 2.55. The van der Waals surface area contributed by atoms with E-state index in [0.717, 1.165) is 28.7 Å². The van der Waals surface area contributed by atoms with Crippen molar-refractivity contribution in [1.82, 2.24) is 0 Å². The number of benzene rings is 1. The van der Waals surface area contributed by atoms with Gasteiger partial charge in [0.1, 0.15) is 11.3 Å². The molecule has 0 aliphatic heterocycles. The van der Waals surface area contributed by atoms with Crippen molar-refractivity contribution in [3.05, 3.63) is 35.6 Å². The maximum Gasteiger partial charge on any atom is 0.256 e. The van der Waals surface area contributed by atoms with Crippen LogP contribution in [0.3, 0.4) is 0 Å². The van der Waals surface area contributed by atoms with E-state index in [1.54, 1.807) is 6.21 Å². The second-order valence-electron chi connectivity index (χ2n) is 3.60. The van der Waals surface area contributed by atoms with Crippen LogP contribution in [0.4, 0.5) is 0 Å². The fraction of sp³-hybridized carbons (Fsp3) is 0.167. The summed E-state index contributed by atoms with van der Waals surface area (Å²) in [7, 11) is 0. The smallest absolute Gasteiger partial charge is 0.256 e. The summed E-state index contributed by atoms with van der Waals surface area (Å²) in [5, 5.41) is 7.46. The molecule has 0 aliphatic carbocycles. The Labute approximate surface area is 98.8 Å². The van der Waals surface area contributed by atoms with Gasteiger partial charge >= 0.3 is 0 Å². The first-order chi connectivity index (χ1) is 8.22. The average Bonchev–Trinajstić information content (AvgIpc) is 2.67. The molecule has 1 aromatic heterocycles. The van der Waals surface area contributed by atoms with Crippen LogP contribution in [0.15, 0.2) is 33.8 Å². The Kier molecular flexibility index (Phi) is 3.09. The van der Waals surface area contributed by atoms with Crippen molar-refractivity contribution in [2.75, 3.05) is 0 Å². The van der Waals surface area contributed by atoms with Crippen molar-refractivity contribution in [2.45, 2.75) is 13.3 Å². The lowest BCUT2D eigenvalue weighted by molar-refractivity contribution is -0.456. The fourth-order valence-electron chi connectivity index (χ4n) is 1.71. The van der Waals surface area contributed by atoms with Gasteiger partial charge < -0.3 is 15.9 Å². The summed E-state index contributed by atoms with van der Waals surface area (Å²) in [4.78, 5) is 0. The van der Waals surface area contributed by atoms with E-state index in [-0.39, 0.29) is 5.96 Å². The van der Waals surface area contributed by atoms with Crippen LogP contribution in [0.1, 0.15) is 18.2 Å². The number of nitrogens with one attached hydrogen (secondary N) is 1. The Hall–Kier alpha value is -2.30.